The van der Waals surface area contributed by atoms with Gasteiger partial charge >= 0.3 is 6.18 Å². The molecule has 2 amide bonds. The second kappa shape index (κ2) is 8.52. The molecule has 0 aliphatic heterocycles. The van der Waals surface area contributed by atoms with Crippen molar-refractivity contribution in [2.45, 2.75) is 20.0 Å². The first-order valence-corrected chi connectivity index (χ1v) is 6.95. The van der Waals surface area contributed by atoms with Crippen molar-refractivity contribution in [2.24, 2.45) is 0 Å². The maximum absolute atomic E-state index is 11.9. The fraction of sp³-hybridized carbons (Fsp3) is 0.467. The highest BCUT2D eigenvalue weighted by Crippen LogP contribution is 2.13. The number of halogens is 3. The third-order valence-electron chi connectivity index (χ3n) is 2.73. The largest absolute Gasteiger partial charge is 0.411 e. The molecule has 0 aliphatic carbocycles. The van der Waals surface area contributed by atoms with Gasteiger partial charge in [0, 0.05) is 12.1 Å². The molecule has 0 atom stereocenters. The summed E-state index contributed by atoms with van der Waals surface area (Å²) in [5, 5.41) is 4.80. The quantitative estimate of drug-likeness (QED) is 0.747. The van der Waals surface area contributed by atoms with E-state index in [-0.39, 0.29) is 25.6 Å². The second-order valence-corrected chi connectivity index (χ2v) is 5.08. The molecule has 0 radical (unpaired) electrons. The van der Waals surface area contributed by atoms with Crippen LogP contribution < -0.4 is 10.6 Å². The van der Waals surface area contributed by atoms with Gasteiger partial charge < -0.3 is 15.4 Å². The van der Waals surface area contributed by atoms with Crippen LogP contribution in [0.15, 0.2) is 18.2 Å². The summed E-state index contributed by atoms with van der Waals surface area (Å²) in [6, 6.07) is 5.32. The number of benzene rings is 1. The van der Waals surface area contributed by atoms with Crippen LogP contribution in [0.3, 0.4) is 0 Å². The van der Waals surface area contributed by atoms with E-state index in [4.69, 9.17) is 0 Å². The van der Waals surface area contributed by atoms with Crippen molar-refractivity contribution >= 4 is 11.8 Å². The summed E-state index contributed by atoms with van der Waals surface area (Å²) in [6.07, 6.45) is -4.38. The van der Waals surface area contributed by atoms with Crippen LogP contribution in [0.4, 0.5) is 13.2 Å². The summed E-state index contributed by atoms with van der Waals surface area (Å²) < 4.78 is 39.8. The van der Waals surface area contributed by atoms with E-state index >= 15 is 0 Å². The van der Waals surface area contributed by atoms with Crippen LogP contribution >= 0.6 is 0 Å². The van der Waals surface area contributed by atoms with Gasteiger partial charge in [0.1, 0.15) is 6.61 Å². The Bertz CT molecular complexity index is 539. The number of alkyl halides is 3. The number of aryl methyl sites for hydroxylation is 2. The summed E-state index contributed by atoms with van der Waals surface area (Å²) in [5.74, 6) is -0.890. The smallest absolute Gasteiger partial charge is 0.370 e. The predicted octanol–water partition coefficient (Wildman–Crippen LogP) is 1.73. The van der Waals surface area contributed by atoms with Crippen LogP contribution in [0, 0.1) is 13.8 Å². The highest BCUT2D eigenvalue weighted by molar-refractivity contribution is 5.96. The average molecular weight is 332 g/mol. The van der Waals surface area contributed by atoms with Gasteiger partial charge in [-0.15, -0.1) is 0 Å². The minimum absolute atomic E-state index is 0.0612. The van der Waals surface area contributed by atoms with Crippen LogP contribution in [0.1, 0.15) is 21.5 Å². The number of ether oxygens (including phenoxy) is 1. The number of hydrogen-bond donors (Lipinski definition) is 2. The number of rotatable bonds is 7. The second-order valence-electron chi connectivity index (χ2n) is 5.08. The van der Waals surface area contributed by atoms with Crippen molar-refractivity contribution < 1.29 is 27.5 Å². The number of nitrogens with one attached hydrogen (secondary N) is 2. The molecular formula is C15H19F3N2O3. The molecule has 8 heteroatoms. The monoisotopic (exact) mass is 332 g/mol. The zero-order chi connectivity index (χ0) is 17.5. The zero-order valence-electron chi connectivity index (χ0n) is 12.9. The summed E-state index contributed by atoms with van der Waals surface area (Å²) in [5.41, 5.74) is 2.31. The van der Waals surface area contributed by atoms with Gasteiger partial charge in [-0.1, -0.05) is 17.2 Å². The highest BCUT2D eigenvalue weighted by atomic mass is 19.4. The zero-order valence-corrected chi connectivity index (χ0v) is 12.9. The number of amides is 2. The Morgan fingerprint density at radius 2 is 1.70 bits per heavy atom. The maximum Gasteiger partial charge on any atom is 0.411 e. The van der Waals surface area contributed by atoms with E-state index in [9.17, 15) is 22.8 Å². The van der Waals surface area contributed by atoms with E-state index in [2.05, 4.69) is 15.4 Å². The van der Waals surface area contributed by atoms with Crippen LogP contribution in [0.25, 0.3) is 0 Å². The summed E-state index contributed by atoms with van der Waals surface area (Å²) in [7, 11) is 0. The van der Waals surface area contributed by atoms with Gasteiger partial charge in [-0.3, -0.25) is 9.59 Å². The Morgan fingerprint density at radius 1 is 1.09 bits per heavy atom. The molecule has 2 N–H and O–H groups in total. The van der Waals surface area contributed by atoms with Crippen molar-refractivity contribution in [3.63, 3.8) is 0 Å². The van der Waals surface area contributed by atoms with E-state index < -0.39 is 18.7 Å². The van der Waals surface area contributed by atoms with Crippen molar-refractivity contribution in [1.29, 1.82) is 0 Å². The van der Waals surface area contributed by atoms with Gasteiger partial charge in [0.15, 0.2) is 0 Å². The Balaban J connectivity index is 2.26. The molecule has 0 bridgehead atoms. The van der Waals surface area contributed by atoms with Crippen LogP contribution in [0.2, 0.25) is 0 Å². The average Bonchev–Trinajstić information content (AvgIpc) is 2.42. The topological polar surface area (TPSA) is 67.4 Å². The van der Waals surface area contributed by atoms with Gasteiger partial charge in [0.25, 0.3) is 5.91 Å². The molecule has 0 fully saturated rings. The summed E-state index contributed by atoms with van der Waals surface area (Å²) in [4.78, 5) is 23.4. The van der Waals surface area contributed by atoms with Crippen molar-refractivity contribution in [3.8, 4) is 0 Å². The molecule has 1 rings (SSSR count). The molecule has 0 saturated carbocycles. The first-order valence-electron chi connectivity index (χ1n) is 6.95. The molecule has 0 saturated heterocycles. The molecular weight excluding hydrogens is 313 g/mol. The highest BCUT2D eigenvalue weighted by Gasteiger charge is 2.27. The van der Waals surface area contributed by atoms with Gasteiger partial charge in [-0.2, -0.15) is 13.2 Å². The molecule has 0 aromatic heterocycles. The van der Waals surface area contributed by atoms with Gasteiger partial charge in [0.05, 0.1) is 13.2 Å². The molecule has 128 valence electrons. The van der Waals surface area contributed by atoms with Crippen LogP contribution in [0.5, 0.6) is 0 Å². The number of carbonyl (C=O) groups is 2. The predicted molar refractivity (Wildman–Crippen MR) is 78.1 cm³/mol. The summed E-state index contributed by atoms with van der Waals surface area (Å²) >= 11 is 0. The van der Waals surface area contributed by atoms with Crippen molar-refractivity contribution in [3.05, 3.63) is 34.9 Å². The molecule has 0 heterocycles. The normalized spacial score (nSPS) is 11.2. The lowest BCUT2D eigenvalue weighted by Crippen LogP contribution is -2.38. The van der Waals surface area contributed by atoms with E-state index in [0.717, 1.165) is 11.1 Å². The fourth-order valence-corrected chi connectivity index (χ4v) is 1.88. The van der Waals surface area contributed by atoms with Crippen molar-refractivity contribution in [1.82, 2.24) is 10.6 Å². The van der Waals surface area contributed by atoms with Gasteiger partial charge in [-0.05, 0) is 26.0 Å². The van der Waals surface area contributed by atoms with E-state index in [1.807, 2.05) is 19.9 Å². The minimum Gasteiger partial charge on any atom is -0.370 e. The third-order valence-corrected chi connectivity index (χ3v) is 2.73. The van der Waals surface area contributed by atoms with E-state index in [1.54, 1.807) is 12.1 Å². The van der Waals surface area contributed by atoms with Gasteiger partial charge in [0.2, 0.25) is 5.91 Å². The standard InChI is InChI=1S/C15H19F3N2O3/c1-10-5-11(2)7-12(6-10)14(22)20-8-13(21)19-3-4-23-9-15(16,17)18/h5-7H,3-4,8-9H2,1-2H3,(H,19,21)(H,20,22). The summed E-state index contributed by atoms with van der Waals surface area (Å²) in [6.45, 7) is 1.79. The Labute approximate surface area is 132 Å². The molecule has 5 nitrogen and oxygen atoms in total. The molecule has 1 aromatic carbocycles. The SMILES string of the molecule is Cc1cc(C)cc(C(=O)NCC(=O)NCCOCC(F)(F)F)c1. The first kappa shape index (κ1) is 19.0. The molecule has 0 spiro atoms. The first-order chi connectivity index (χ1) is 10.7. The molecule has 23 heavy (non-hydrogen) atoms. The Morgan fingerprint density at radius 3 is 2.26 bits per heavy atom. The van der Waals surface area contributed by atoms with E-state index in [1.165, 1.54) is 0 Å². The maximum atomic E-state index is 11.9. The number of hydrogen-bond acceptors (Lipinski definition) is 3. The minimum atomic E-state index is -4.38. The lowest BCUT2D eigenvalue weighted by atomic mass is 10.1. The van der Waals surface area contributed by atoms with E-state index in [0.29, 0.717) is 5.56 Å². The van der Waals surface area contributed by atoms with Gasteiger partial charge in [-0.25, -0.2) is 0 Å². The fourth-order valence-electron chi connectivity index (χ4n) is 1.88. The van der Waals surface area contributed by atoms with Crippen LogP contribution in [-0.4, -0.2) is 44.3 Å². The molecule has 1 aromatic rings. The Kier molecular flexibility index (Phi) is 7.02. The lowest BCUT2D eigenvalue weighted by Gasteiger charge is -2.09. The van der Waals surface area contributed by atoms with Crippen molar-refractivity contribution in [2.75, 3.05) is 26.3 Å². The lowest BCUT2D eigenvalue weighted by molar-refractivity contribution is -0.173. The molecule has 0 aliphatic rings. The van der Waals surface area contributed by atoms with Crippen LogP contribution in [-0.2, 0) is 9.53 Å². The molecule has 0 unspecified atom stereocenters. The third kappa shape index (κ3) is 8.20. The number of carbonyl (C=O) groups excluding carboxylic acids is 2. The Hall–Kier alpha value is -2.09.